The maximum Gasteiger partial charge on any atom is 0.412 e. The lowest BCUT2D eigenvalue weighted by atomic mass is 9.74. The van der Waals surface area contributed by atoms with Crippen molar-refractivity contribution >= 4 is 44.6 Å². The number of hydrogen-bond donors (Lipinski definition) is 1. The first kappa shape index (κ1) is 23.5. The van der Waals surface area contributed by atoms with Crippen molar-refractivity contribution < 1.29 is 13.9 Å². The van der Waals surface area contributed by atoms with Gasteiger partial charge in [-0.3, -0.25) is 4.90 Å². The van der Waals surface area contributed by atoms with Crippen LogP contribution >= 0.6 is 38.5 Å². The molecule has 30 heavy (non-hydrogen) atoms. The molecule has 0 radical (unpaired) electrons. The van der Waals surface area contributed by atoms with Gasteiger partial charge >= 0.3 is 6.09 Å². The van der Waals surface area contributed by atoms with Crippen LogP contribution in [0.15, 0.2) is 53.0 Å². The number of carbonyl (C=O) groups is 1. The summed E-state index contributed by atoms with van der Waals surface area (Å²) in [6.07, 6.45) is 0.791. The van der Waals surface area contributed by atoms with Crippen LogP contribution in [0.5, 0.6) is 0 Å². The van der Waals surface area contributed by atoms with Crippen molar-refractivity contribution in [1.29, 1.82) is 0 Å². The van der Waals surface area contributed by atoms with E-state index in [9.17, 15) is 9.18 Å². The van der Waals surface area contributed by atoms with Crippen molar-refractivity contribution in [3.05, 3.63) is 69.9 Å². The van der Waals surface area contributed by atoms with Crippen molar-refractivity contribution in [1.82, 2.24) is 4.90 Å². The van der Waals surface area contributed by atoms with Crippen LogP contribution in [0.3, 0.4) is 0 Å². The largest absolute Gasteiger partial charge is 0.438 e. The summed E-state index contributed by atoms with van der Waals surface area (Å²) in [6.45, 7) is 7.10. The Hall–Kier alpha value is -1.19. The molecule has 3 rings (SSSR count). The molecule has 1 unspecified atom stereocenters. The molecule has 2 N–H and O–H groups in total. The Morgan fingerprint density at radius 1 is 1.17 bits per heavy atom. The molecule has 162 valence electrons. The van der Waals surface area contributed by atoms with E-state index in [1.165, 1.54) is 12.1 Å². The van der Waals surface area contributed by atoms with Crippen LogP contribution in [0.25, 0.3) is 0 Å². The Morgan fingerprint density at radius 2 is 1.77 bits per heavy atom. The van der Waals surface area contributed by atoms with Crippen LogP contribution in [-0.4, -0.2) is 24.1 Å². The fraction of sp³-hybridized carbons (Fsp3) is 0.435. The molecule has 0 aliphatic carbocycles. The van der Waals surface area contributed by atoms with E-state index < -0.39 is 9.15 Å². The molecule has 0 spiro atoms. The zero-order chi connectivity index (χ0) is 22.2. The van der Waals surface area contributed by atoms with Gasteiger partial charge in [0.05, 0.1) is 0 Å². The number of rotatable bonds is 6. The first-order valence-corrected chi connectivity index (χ1v) is 11.8. The number of nitrogens with zero attached hydrogens (tertiary/aromatic N) is 1. The topological polar surface area (TPSA) is 55.6 Å². The molecular formula is C23H27BrFIN2O2. The smallest absolute Gasteiger partial charge is 0.412 e. The summed E-state index contributed by atoms with van der Waals surface area (Å²) in [4.78, 5) is 15.1. The molecule has 1 saturated heterocycles. The number of amides is 1. The molecule has 1 fully saturated rings. The highest BCUT2D eigenvalue weighted by Crippen LogP contribution is 2.47. The van der Waals surface area contributed by atoms with Crippen molar-refractivity contribution in [2.45, 2.75) is 42.8 Å². The van der Waals surface area contributed by atoms with Gasteiger partial charge in [-0.05, 0) is 83.3 Å². The molecule has 1 aliphatic heterocycles. The van der Waals surface area contributed by atoms with Crippen molar-refractivity contribution in [2.75, 3.05) is 13.1 Å². The summed E-state index contributed by atoms with van der Waals surface area (Å²) in [7, 11) is 0. The van der Waals surface area contributed by atoms with Crippen molar-refractivity contribution in [3.8, 4) is 0 Å². The molecule has 0 aromatic heterocycles. The lowest BCUT2D eigenvalue weighted by Crippen LogP contribution is -2.54. The van der Waals surface area contributed by atoms with Crippen LogP contribution in [0.4, 0.5) is 9.18 Å². The number of nitrogens with two attached hydrogens (primary N) is 1. The third kappa shape index (κ3) is 4.83. The lowest BCUT2D eigenvalue weighted by Gasteiger charge is -2.48. The number of benzene rings is 2. The first-order chi connectivity index (χ1) is 14.0. The number of cyclic esters (lactones) is 1. The summed E-state index contributed by atoms with van der Waals surface area (Å²) in [6, 6.07) is 14.2. The van der Waals surface area contributed by atoms with E-state index in [0.717, 1.165) is 15.6 Å². The fourth-order valence-electron chi connectivity index (χ4n) is 3.98. The highest BCUT2D eigenvalue weighted by Gasteiger charge is 2.49. The summed E-state index contributed by atoms with van der Waals surface area (Å²) in [5.41, 5.74) is 6.73. The van der Waals surface area contributed by atoms with Gasteiger partial charge < -0.3 is 10.5 Å². The molecule has 2 atom stereocenters. The zero-order valence-corrected chi connectivity index (χ0v) is 21.2. The predicted molar refractivity (Wildman–Crippen MR) is 129 cm³/mol. The standard InChI is InChI=1S/C23H27BrFIN2O2/c1-21(2,15-27)14-23(17-6-10-19(25)11-7-17)12-13-28(20(29)30-23)22(3,26)16-4-8-18(24)9-5-16/h4-11H,12-15,27H2,1-3H3/t22-,23?/m1/s1. The second-order valence-corrected chi connectivity index (χ2v) is 11.8. The van der Waals surface area contributed by atoms with E-state index >= 15 is 0 Å². The highest BCUT2D eigenvalue weighted by molar-refractivity contribution is 14.1. The normalized spacial score (nSPS) is 21.8. The minimum Gasteiger partial charge on any atom is -0.438 e. The van der Waals surface area contributed by atoms with E-state index in [4.69, 9.17) is 10.5 Å². The highest BCUT2D eigenvalue weighted by atomic mass is 127. The molecule has 4 nitrogen and oxygen atoms in total. The number of carbonyl (C=O) groups excluding carboxylic acids is 1. The van der Waals surface area contributed by atoms with Gasteiger partial charge in [-0.25, -0.2) is 9.18 Å². The Kier molecular flexibility index (Phi) is 6.84. The average Bonchev–Trinajstić information content (AvgIpc) is 2.68. The minimum atomic E-state index is -0.837. The van der Waals surface area contributed by atoms with Crippen molar-refractivity contribution in [3.63, 3.8) is 0 Å². The van der Waals surface area contributed by atoms with Crippen LogP contribution in [0, 0.1) is 11.2 Å². The molecular weight excluding hydrogens is 562 g/mol. The van der Waals surface area contributed by atoms with Crippen molar-refractivity contribution in [2.24, 2.45) is 11.1 Å². The molecule has 0 saturated carbocycles. The third-order valence-corrected chi connectivity index (χ3v) is 7.54. The molecule has 7 heteroatoms. The van der Waals surface area contributed by atoms with Gasteiger partial charge in [0.1, 0.15) is 15.0 Å². The van der Waals surface area contributed by atoms with Gasteiger partial charge in [0.25, 0.3) is 0 Å². The van der Waals surface area contributed by atoms with E-state index in [2.05, 4.69) is 52.4 Å². The predicted octanol–water partition coefficient (Wildman–Crippen LogP) is 6.31. The maximum absolute atomic E-state index is 13.6. The van der Waals surface area contributed by atoms with E-state index in [1.54, 1.807) is 17.0 Å². The van der Waals surface area contributed by atoms with E-state index in [1.807, 2.05) is 31.2 Å². The van der Waals surface area contributed by atoms with Crippen LogP contribution in [0.2, 0.25) is 0 Å². The van der Waals surface area contributed by atoms with Gasteiger partial charge in [0, 0.05) is 17.4 Å². The maximum atomic E-state index is 13.6. The molecule has 1 aliphatic rings. The first-order valence-electron chi connectivity index (χ1n) is 9.91. The fourth-order valence-corrected chi connectivity index (χ4v) is 5.04. The van der Waals surface area contributed by atoms with E-state index in [-0.39, 0.29) is 17.3 Å². The third-order valence-electron chi connectivity index (χ3n) is 5.81. The second kappa shape index (κ2) is 8.74. The number of alkyl halides is 1. The Bertz CT molecular complexity index is 902. The van der Waals surface area contributed by atoms with Crippen LogP contribution < -0.4 is 5.73 Å². The molecule has 1 amide bonds. The Labute approximate surface area is 199 Å². The molecule has 0 bridgehead atoms. The van der Waals surface area contributed by atoms with Gasteiger partial charge in [-0.1, -0.05) is 54.0 Å². The lowest BCUT2D eigenvalue weighted by molar-refractivity contribution is -0.0832. The van der Waals surface area contributed by atoms with Gasteiger partial charge in [0.15, 0.2) is 0 Å². The second-order valence-electron chi connectivity index (χ2n) is 8.78. The minimum absolute atomic E-state index is 0.240. The van der Waals surface area contributed by atoms with Gasteiger partial charge in [-0.15, -0.1) is 0 Å². The summed E-state index contributed by atoms with van der Waals surface area (Å²) < 4.78 is 20.2. The molecule has 2 aromatic carbocycles. The summed E-state index contributed by atoms with van der Waals surface area (Å²) in [5.74, 6) is -0.314. The number of ether oxygens (including phenoxy) is 1. The molecule has 2 aromatic rings. The van der Waals surface area contributed by atoms with Gasteiger partial charge in [0.2, 0.25) is 0 Å². The quantitative estimate of drug-likeness (QED) is 0.244. The monoisotopic (exact) mass is 588 g/mol. The SMILES string of the molecule is CC(C)(CN)CC1(c2ccc(F)cc2)CCN([C@@](C)(I)c2ccc(Br)cc2)C(=O)O1. The van der Waals surface area contributed by atoms with Crippen LogP contribution in [0.1, 0.15) is 44.7 Å². The summed E-state index contributed by atoms with van der Waals surface area (Å²) >= 11 is 5.75. The van der Waals surface area contributed by atoms with Crippen LogP contribution in [-0.2, 0) is 13.9 Å². The Morgan fingerprint density at radius 3 is 2.30 bits per heavy atom. The Balaban J connectivity index is 1.93. The zero-order valence-electron chi connectivity index (χ0n) is 17.4. The molecule has 1 heterocycles. The number of halogens is 3. The number of hydrogen-bond acceptors (Lipinski definition) is 3. The van der Waals surface area contributed by atoms with E-state index in [0.29, 0.717) is 25.9 Å². The summed E-state index contributed by atoms with van der Waals surface area (Å²) in [5, 5.41) is 0. The van der Waals surface area contributed by atoms with Gasteiger partial charge in [-0.2, -0.15) is 0 Å². The average molecular weight is 589 g/mol.